The lowest BCUT2D eigenvalue weighted by molar-refractivity contribution is 0.674. The molecule has 0 saturated heterocycles. The molecule has 0 saturated carbocycles. The molecule has 0 aliphatic heterocycles. The fraction of sp³-hybridized carbons (Fsp3) is 0.375. The van der Waals surface area contributed by atoms with E-state index in [1.54, 1.807) is 10.8 Å². The Hall–Kier alpha value is -1.65. The number of hydrogen-bond acceptors (Lipinski definition) is 3. The van der Waals surface area contributed by atoms with Gasteiger partial charge in [0.05, 0.1) is 6.20 Å². The van der Waals surface area contributed by atoms with Crippen molar-refractivity contribution in [2.45, 2.75) is 19.9 Å². The molecule has 0 spiro atoms. The zero-order chi connectivity index (χ0) is 9.26. The molecule has 2 aromatic rings. The highest BCUT2D eigenvalue weighted by molar-refractivity contribution is 5.68. The third kappa shape index (κ3) is 1.22. The molecule has 2 heterocycles. The summed E-state index contributed by atoms with van der Waals surface area (Å²) in [6, 6.07) is 0. The van der Waals surface area contributed by atoms with E-state index in [1.165, 1.54) is 6.33 Å². The maximum absolute atomic E-state index is 11.4. The topological polar surface area (TPSA) is 63.6 Å². The van der Waals surface area contributed by atoms with Crippen molar-refractivity contribution < 1.29 is 0 Å². The van der Waals surface area contributed by atoms with Gasteiger partial charge >= 0.3 is 5.69 Å². The first-order chi connectivity index (χ1) is 6.33. The Labute approximate surface area is 74.4 Å². The van der Waals surface area contributed by atoms with E-state index in [-0.39, 0.29) is 5.69 Å². The Bertz CT molecular complexity index is 470. The highest BCUT2D eigenvalue weighted by Crippen LogP contribution is 2.03. The number of nitrogens with one attached hydrogen (secondary N) is 1. The Balaban J connectivity index is 2.71. The van der Waals surface area contributed by atoms with Crippen LogP contribution in [-0.2, 0) is 6.54 Å². The van der Waals surface area contributed by atoms with Crippen molar-refractivity contribution in [3.8, 4) is 0 Å². The van der Waals surface area contributed by atoms with Gasteiger partial charge in [0, 0.05) is 6.54 Å². The monoisotopic (exact) mass is 178 g/mol. The van der Waals surface area contributed by atoms with Crippen LogP contribution in [0.1, 0.15) is 13.3 Å². The number of hydrogen-bond donors (Lipinski definition) is 1. The van der Waals surface area contributed by atoms with Gasteiger partial charge in [-0.1, -0.05) is 6.92 Å². The van der Waals surface area contributed by atoms with Gasteiger partial charge in [-0.2, -0.15) is 0 Å². The molecule has 0 unspecified atom stereocenters. The summed E-state index contributed by atoms with van der Waals surface area (Å²) < 4.78 is 1.65. The van der Waals surface area contributed by atoms with Crippen molar-refractivity contribution in [3.63, 3.8) is 0 Å². The Morgan fingerprint density at radius 1 is 1.62 bits per heavy atom. The molecule has 0 aliphatic carbocycles. The fourth-order valence-electron chi connectivity index (χ4n) is 1.34. The third-order valence-corrected chi connectivity index (χ3v) is 1.90. The number of H-pyrrole nitrogens is 1. The Morgan fingerprint density at radius 3 is 3.23 bits per heavy atom. The van der Waals surface area contributed by atoms with Crippen LogP contribution in [0, 0.1) is 0 Å². The molecule has 68 valence electrons. The van der Waals surface area contributed by atoms with Crippen molar-refractivity contribution in [1.29, 1.82) is 0 Å². The molecule has 1 N–H and O–H groups in total. The van der Waals surface area contributed by atoms with Gasteiger partial charge < -0.3 is 0 Å². The zero-order valence-corrected chi connectivity index (χ0v) is 7.32. The van der Waals surface area contributed by atoms with Crippen LogP contribution >= 0.6 is 0 Å². The Morgan fingerprint density at radius 2 is 2.46 bits per heavy atom. The molecule has 2 aromatic heterocycles. The first-order valence-corrected chi connectivity index (χ1v) is 4.21. The van der Waals surface area contributed by atoms with Gasteiger partial charge in [-0.05, 0) is 6.42 Å². The molecule has 0 radical (unpaired) electrons. The molecule has 0 aromatic carbocycles. The van der Waals surface area contributed by atoms with E-state index in [4.69, 9.17) is 0 Å². The van der Waals surface area contributed by atoms with Gasteiger partial charge in [-0.3, -0.25) is 9.55 Å². The van der Waals surface area contributed by atoms with Gasteiger partial charge in [0.1, 0.15) is 11.8 Å². The van der Waals surface area contributed by atoms with E-state index >= 15 is 0 Å². The molecule has 13 heavy (non-hydrogen) atoms. The van der Waals surface area contributed by atoms with Crippen LogP contribution < -0.4 is 5.69 Å². The Kier molecular flexibility index (Phi) is 1.84. The summed E-state index contributed by atoms with van der Waals surface area (Å²) in [5.41, 5.74) is 1.26. The summed E-state index contributed by atoms with van der Waals surface area (Å²) in [6.45, 7) is 2.72. The maximum atomic E-state index is 11.4. The summed E-state index contributed by atoms with van der Waals surface area (Å²) in [6.07, 6.45) is 3.99. The molecule has 0 atom stereocenters. The van der Waals surface area contributed by atoms with Gasteiger partial charge in [0.2, 0.25) is 0 Å². The van der Waals surface area contributed by atoms with E-state index in [2.05, 4.69) is 15.0 Å². The van der Waals surface area contributed by atoms with Crippen molar-refractivity contribution >= 4 is 11.2 Å². The number of aromatic nitrogens is 4. The lowest BCUT2D eigenvalue weighted by Gasteiger charge is -1.97. The van der Waals surface area contributed by atoms with E-state index < -0.39 is 0 Å². The van der Waals surface area contributed by atoms with E-state index in [1.807, 2.05) is 6.92 Å². The third-order valence-electron chi connectivity index (χ3n) is 1.90. The van der Waals surface area contributed by atoms with E-state index in [0.29, 0.717) is 12.2 Å². The average molecular weight is 178 g/mol. The molecule has 0 fully saturated rings. The van der Waals surface area contributed by atoms with Crippen LogP contribution in [0.25, 0.3) is 11.2 Å². The van der Waals surface area contributed by atoms with Crippen molar-refractivity contribution in [2.75, 3.05) is 0 Å². The SMILES string of the molecule is CCCn1c(=O)[nH]c2ncncc21. The summed E-state index contributed by atoms with van der Waals surface area (Å²) in [5, 5.41) is 0. The van der Waals surface area contributed by atoms with Gasteiger partial charge in [-0.15, -0.1) is 0 Å². The van der Waals surface area contributed by atoms with Crippen LogP contribution in [0.4, 0.5) is 0 Å². The molecular formula is C8H10N4O. The van der Waals surface area contributed by atoms with Crippen LogP contribution in [0.5, 0.6) is 0 Å². The number of nitrogens with zero attached hydrogens (tertiary/aromatic N) is 3. The first-order valence-electron chi connectivity index (χ1n) is 4.21. The highest BCUT2D eigenvalue weighted by Gasteiger charge is 2.05. The molecule has 5 heteroatoms. The predicted octanol–water partition coefficient (Wildman–Crippen LogP) is 0.530. The number of fused-ring (bicyclic) bond motifs is 1. The number of aromatic amines is 1. The lowest BCUT2D eigenvalue weighted by atomic mass is 10.4. The summed E-state index contributed by atoms with van der Waals surface area (Å²) in [4.78, 5) is 21.9. The quantitative estimate of drug-likeness (QED) is 0.729. The second-order valence-electron chi connectivity index (χ2n) is 2.84. The van der Waals surface area contributed by atoms with Crippen LogP contribution in [-0.4, -0.2) is 19.5 Å². The van der Waals surface area contributed by atoms with Gasteiger partial charge in [-0.25, -0.2) is 14.8 Å². The van der Waals surface area contributed by atoms with Crippen LogP contribution in [0.15, 0.2) is 17.3 Å². The average Bonchev–Trinajstić information content (AvgIpc) is 2.44. The molecule has 0 amide bonds. The smallest absolute Gasteiger partial charge is 0.290 e. The number of rotatable bonds is 2. The summed E-state index contributed by atoms with van der Waals surface area (Å²) >= 11 is 0. The van der Waals surface area contributed by atoms with E-state index in [9.17, 15) is 4.79 Å². The van der Waals surface area contributed by atoms with Crippen LogP contribution in [0.2, 0.25) is 0 Å². The van der Waals surface area contributed by atoms with Crippen LogP contribution in [0.3, 0.4) is 0 Å². The summed E-state index contributed by atoms with van der Waals surface area (Å²) in [7, 11) is 0. The first kappa shape index (κ1) is 7.97. The van der Waals surface area contributed by atoms with Crippen molar-refractivity contribution in [1.82, 2.24) is 19.5 Å². The minimum atomic E-state index is -0.114. The minimum Gasteiger partial charge on any atom is -0.290 e. The zero-order valence-electron chi connectivity index (χ0n) is 7.32. The number of aryl methyl sites for hydroxylation is 1. The maximum Gasteiger partial charge on any atom is 0.327 e. The van der Waals surface area contributed by atoms with Crippen molar-refractivity contribution in [3.05, 3.63) is 23.0 Å². The normalized spacial score (nSPS) is 10.8. The molecule has 0 aliphatic rings. The molecule has 0 bridgehead atoms. The number of imidazole rings is 1. The van der Waals surface area contributed by atoms with Crippen molar-refractivity contribution in [2.24, 2.45) is 0 Å². The minimum absolute atomic E-state index is 0.114. The predicted molar refractivity (Wildman–Crippen MR) is 48.4 cm³/mol. The standard InChI is InChI=1S/C8H10N4O/c1-2-3-12-6-4-9-5-10-7(6)11-8(12)13/h4-5H,2-3H2,1H3,(H,9,10,11,13). The molecule has 5 nitrogen and oxygen atoms in total. The summed E-state index contributed by atoms with van der Waals surface area (Å²) in [5.74, 6) is 0. The molecular weight excluding hydrogens is 168 g/mol. The second kappa shape index (κ2) is 3.01. The van der Waals surface area contributed by atoms with Gasteiger partial charge in [0.15, 0.2) is 5.65 Å². The second-order valence-corrected chi connectivity index (χ2v) is 2.84. The fourth-order valence-corrected chi connectivity index (χ4v) is 1.34. The largest absolute Gasteiger partial charge is 0.327 e. The molecule has 2 rings (SSSR count). The van der Waals surface area contributed by atoms with Gasteiger partial charge in [0.25, 0.3) is 0 Å². The van der Waals surface area contributed by atoms with E-state index in [0.717, 1.165) is 11.9 Å². The highest BCUT2D eigenvalue weighted by atomic mass is 16.1. The lowest BCUT2D eigenvalue weighted by Crippen LogP contribution is -2.16.